The highest BCUT2D eigenvalue weighted by Gasteiger charge is 2.14. The van der Waals surface area contributed by atoms with Crippen molar-refractivity contribution in [2.75, 3.05) is 24.2 Å². The number of hydrogen-bond donors (Lipinski definition) is 3. The molecule has 0 fully saturated rings. The van der Waals surface area contributed by atoms with Crippen LogP contribution in [-0.2, 0) is 13.6 Å². The van der Waals surface area contributed by atoms with Gasteiger partial charge in [-0.05, 0) is 12.8 Å². The molecule has 7 nitrogen and oxygen atoms in total. The molecule has 1 heterocycles. The standard InChI is InChI=1S/C11H20N4O3/c1-3-6-15-9(12)8(13-5-4-7-16)10(17)14(2)11(15)18/h13,16H,3-7,12H2,1-2H3. The third-order valence-electron chi connectivity index (χ3n) is 2.67. The van der Waals surface area contributed by atoms with Crippen molar-refractivity contribution in [1.82, 2.24) is 9.13 Å². The van der Waals surface area contributed by atoms with E-state index in [1.165, 1.54) is 11.6 Å². The van der Waals surface area contributed by atoms with Crippen LogP contribution in [-0.4, -0.2) is 27.4 Å². The molecule has 7 heteroatoms. The zero-order valence-electron chi connectivity index (χ0n) is 10.8. The molecule has 0 radical (unpaired) electrons. The van der Waals surface area contributed by atoms with Gasteiger partial charge in [-0.2, -0.15) is 0 Å². The molecule has 0 unspecified atom stereocenters. The number of aliphatic hydroxyl groups is 1. The molecule has 0 bridgehead atoms. The lowest BCUT2D eigenvalue weighted by Crippen LogP contribution is -2.40. The average Bonchev–Trinajstić information content (AvgIpc) is 2.36. The molecule has 102 valence electrons. The zero-order chi connectivity index (χ0) is 13.7. The highest BCUT2D eigenvalue weighted by Crippen LogP contribution is 2.10. The molecule has 0 amide bonds. The number of nitrogen functional groups attached to an aromatic ring is 1. The van der Waals surface area contributed by atoms with Crippen molar-refractivity contribution in [3.05, 3.63) is 20.8 Å². The van der Waals surface area contributed by atoms with Crippen LogP contribution in [0.3, 0.4) is 0 Å². The molecule has 0 aliphatic heterocycles. The minimum Gasteiger partial charge on any atom is -0.396 e. The van der Waals surface area contributed by atoms with E-state index in [4.69, 9.17) is 10.8 Å². The molecule has 1 aromatic rings. The minimum atomic E-state index is -0.442. The van der Waals surface area contributed by atoms with Crippen LogP contribution in [0, 0.1) is 0 Å². The van der Waals surface area contributed by atoms with Gasteiger partial charge in [0.15, 0.2) is 0 Å². The molecular formula is C11H20N4O3. The Morgan fingerprint density at radius 3 is 2.61 bits per heavy atom. The van der Waals surface area contributed by atoms with Crippen molar-refractivity contribution in [3.63, 3.8) is 0 Å². The van der Waals surface area contributed by atoms with Crippen LogP contribution in [0.2, 0.25) is 0 Å². The van der Waals surface area contributed by atoms with Crippen LogP contribution in [0.1, 0.15) is 19.8 Å². The number of anilines is 2. The molecule has 0 aliphatic rings. The number of nitrogens with one attached hydrogen (secondary N) is 1. The van der Waals surface area contributed by atoms with Crippen LogP contribution in [0.15, 0.2) is 9.59 Å². The fraction of sp³-hybridized carbons (Fsp3) is 0.636. The number of aliphatic hydroxyl groups excluding tert-OH is 1. The summed E-state index contributed by atoms with van der Waals surface area (Å²) in [5, 5.41) is 11.6. The zero-order valence-corrected chi connectivity index (χ0v) is 10.8. The Hall–Kier alpha value is -1.76. The summed E-state index contributed by atoms with van der Waals surface area (Å²) in [7, 11) is 1.42. The third-order valence-corrected chi connectivity index (χ3v) is 2.67. The Balaban J connectivity index is 3.24. The van der Waals surface area contributed by atoms with Gasteiger partial charge in [0.25, 0.3) is 5.56 Å². The lowest BCUT2D eigenvalue weighted by Gasteiger charge is -2.15. The van der Waals surface area contributed by atoms with E-state index in [1.54, 1.807) is 0 Å². The first kappa shape index (κ1) is 14.3. The lowest BCUT2D eigenvalue weighted by atomic mass is 10.3. The van der Waals surface area contributed by atoms with Gasteiger partial charge in [-0.15, -0.1) is 0 Å². The summed E-state index contributed by atoms with van der Waals surface area (Å²) in [4.78, 5) is 23.8. The normalized spacial score (nSPS) is 10.6. The first-order chi connectivity index (χ1) is 8.54. The monoisotopic (exact) mass is 256 g/mol. The maximum atomic E-state index is 11.9. The van der Waals surface area contributed by atoms with E-state index in [0.717, 1.165) is 11.0 Å². The maximum absolute atomic E-state index is 11.9. The smallest absolute Gasteiger partial charge is 0.332 e. The minimum absolute atomic E-state index is 0.0296. The Labute approximate surface area is 105 Å². The largest absolute Gasteiger partial charge is 0.396 e. The van der Waals surface area contributed by atoms with Crippen molar-refractivity contribution < 1.29 is 5.11 Å². The van der Waals surface area contributed by atoms with Gasteiger partial charge in [0, 0.05) is 26.7 Å². The molecule has 0 aromatic carbocycles. The van der Waals surface area contributed by atoms with Crippen LogP contribution >= 0.6 is 0 Å². The van der Waals surface area contributed by atoms with E-state index in [0.29, 0.717) is 19.5 Å². The summed E-state index contributed by atoms with van der Waals surface area (Å²) in [6.07, 6.45) is 1.26. The number of hydrogen-bond acceptors (Lipinski definition) is 5. The van der Waals surface area contributed by atoms with Crippen molar-refractivity contribution in [1.29, 1.82) is 0 Å². The van der Waals surface area contributed by atoms with E-state index in [1.807, 2.05) is 6.92 Å². The van der Waals surface area contributed by atoms with Crippen LogP contribution < -0.4 is 22.3 Å². The number of aromatic nitrogens is 2. The number of nitrogens with two attached hydrogens (primary N) is 1. The maximum Gasteiger partial charge on any atom is 0.332 e. The van der Waals surface area contributed by atoms with Gasteiger partial charge < -0.3 is 16.2 Å². The molecule has 18 heavy (non-hydrogen) atoms. The fourth-order valence-electron chi connectivity index (χ4n) is 1.68. The molecule has 0 saturated heterocycles. The van der Waals surface area contributed by atoms with Crippen LogP contribution in [0.5, 0.6) is 0 Å². The molecule has 1 rings (SSSR count). The molecular weight excluding hydrogens is 236 g/mol. The Bertz CT molecular complexity index is 518. The second-order valence-electron chi connectivity index (χ2n) is 4.06. The van der Waals surface area contributed by atoms with Crippen LogP contribution in [0.25, 0.3) is 0 Å². The predicted octanol–water partition coefficient (Wildman–Crippen LogP) is -0.666. The van der Waals surface area contributed by atoms with Crippen molar-refractivity contribution in [3.8, 4) is 0 Å². The molecule has 0 saturated carbocycles. The van der Waals surface area contributed by atoms with Gasteiger partial charge in [-0.3, -0.25) is 13.9 Å². The first-order valence-corrected chi connectivity index (χ1v) is 5.98. The highest BCUT2D eigenvalue weighted by molar-refractivity contribution is 5.60. The van der Waals surface area contributed by atoms with Crippen molar-refractivity contribution in [2.45, 2.75) is 26.3 Å². The lowest BCUT2D eigenvalue weighted by molar-refractivity contribution is 0.292. The summed E-state index contributed by atoms with van der Waals surface area (Å²) >= 11 is 0. The molecule has 0 spiro atoms. The Morgan fingerprint density at radius 2 is 2.06 bits per heavy atom. The molecule has 0 atom stereocenters. The summed E-state index contributed by atoms with van der Waals surface area (Å²) in [5.41, 5.74) is 5.22. The van der Waals surface area contributed by atoms with E-state index in [-0.39, 0.29) is 18.1 Å². The van der Waals surface area contributed by atoms with E-state index in [2.05, 4.69) is 5.32 Å². The summed E-state index contributed by atoms with van der Waals surface area (Å²) in [6.45, 7) is 2.85. The highest BCUT2D eigenvalue weighted by atomic mass is 16.3. The topological polar surface area (TPSA) is 102 Å². The van der Waals surface area contributed by atoms with Gasteiger partial charge in [0.05, 0.1) is 0 Å². The van der Waals surface area contributed by atoms with Crippen molar-refractivity contribution in [2.24, 2.45) is 7.05 Å². The SMILES string of the molecule is CCCn1c(N)c(NCCCO)c(=O)n(C)c1=O. The van der Waals surface area contributed by atoms with Gasteiger partial charge in [0.2, 0.25) is 0 Å². The van der Waals surface area contributed by atoms with E-state index < -0.39 is 11.2 Å². The van der Waals surface area contributed by atoms with Gasteiger partial charge >= 0.3 is 5.69 Å². The van der Waals surface area contributed by atoms with Crippen molar-refractivity contribution >= 4 is 11.5 Å². The fourth-order valence-corrected chi connectivity index (χ4v) is 1.68. The number of rotatable bonds is 6. The summed E-state index contributed by atoms with van der Waals surface area (Å²) < 4.78 is 2.41. The molecule has 1 aromatic heterocycles. The van der Waals surface area contributed by atoms with Gasteiger partial charge in [-0.1, -0.05) is 6.92 Å². The molecule has 4 N–H and O–H groups in total. The quantitative estimate of drug-likeness (QED) is 0.586. The van der Waals surface area contributed by atoms with E-state index >= 15 is 0 Å². The molecule has 0 aliphatic carbocycles. The predicted molar refractivity (Wildman–Crippen MR) is 70.8 cm³/mol. The summed E-state index contributed by atoms with van der Waals surface area (Å²) in [5.74, 6) is 0.155. The Kier molecular flexibility index (Phi) is 4.96. The third kappa shape index (κ3) is 2.73. The number of nitrogens with zero attached hydrogens (tertiary/aromatic N) is 2. The average molecular weight is 256 g/mol. The Morgan fingerprint density at radius 1 is 1.39 bits per heavy atom. The summed E-state index contributed by atoms with van der Waals surface area (Å²) in [6, 6.07) is 0. The van der Waals surface area contributed by atoms with E-state index in [9.17, 15) is 9.59 Å². The van der Waals surface area contributed by atoms with Gasteiger partial charge in [-0.25, -0.2) is 4.79 Å². The van der Waals surface area contributed by atoms with Gasteiger partial charge in [0.1, 0.15) is 11.5 Å². The first-order valence-electron chi connectivity index (χ1n) is 5.98. The van der Waals surface area contributed by atoms with Crippen LogP contribution in [0.4, 0.5) is 11.5 Å². The second-order valence-corrected chi connectivity index (χ2v) is 4.06. The second kappa shape index (κ2) is 6.25.